The van der Waals surface area contributed by atoms with E-state index in [2.05, 4.69) is 44.2 Å². The summed E-state index contributed by atoms with van der Waals surface area (Å²) >= 11 is 0. The maximum absolute atomic E-state index is 13.4. The number of nitrogens with one attached hydrogen (secondary N) is 2. The minimum Gasteiger partial charge on any atom is -0.444 e. The molecule has 1 aliphatic heterocycles. The summed E-state index contributed by atoms with van der Waals surface area (Å²) in [5, 5.41) is 10.3. The van der Waals surface area contributed by atoms with E-state index in [1.54, 1.807) is 36.5 Å². The van der Waals surface area contributed by atoms with Gasteiger partial charge < -0.3 is 20.3 Å². The van der Waals surface area contributed by atoms with E-state index in [1.807, 2.05) is 10.9 Å². The Balaban J connectivity index is 1.40. The number of carbonyl (C=O) groups excluding carboxylic acids is 2. The number of anilines is 5. The van der Waals surface area contributed by atoms with Gasteiger partial charge >= 0.3 is 6.09 Å². The van der Waals surface area contributed by atoms with Crippen LogP contribution in [-0.4, -0.2) is 56.8 Å². The first-order chi connectivity index (χ1) is 19.9. The predicted octanol–water partition coefficient (Wildman–Crippen LogP) is 5.03. The van der Waals surface area contributed by atoms with Crippen molar-refractivity contribution in [1.29, 1.82) is 0 Å². The molecule has 0 aliphatic carbocycles. The highest BCUT2D eigenvalue weighted by atomic mass is 19.1. The summed E-state index contributed by atoms with van der Waals surface area (Å²) in [4.78, 5) is 37.7. The molecule has 2 amide bonds. The molecule has 5 rings (SSSR count). The van der Waals surface area contributed by atoms with Gasteiger partial charge in [0.1, 0.15) is 18.2 Å². The van der Waals surface area contributed by atoms with Gasteiger partial charge in [0.15, 0.2) is 0 Å². The average molecular weight is 557 g/mol. The molecule has 2 aromatic carbocycles. The molecule has 0 radical (unpaired) electrons. The number of carbonyl (C=O) groups is 2. The summed E-state index contributed by atoms with van der Waals surface area (Å²) in [6, 6.07) is 14.2. The second-order valence-electron chi connectivity index (χ2n) is 9.54. The Labute approximate surface area is 236 Å². The predicted molar refractivity (Wildman–Crippen MR) is 153 cm³/mol. The molecule has 41 heavy (non-hydrogen) atoms. The molecule has 0 bridgehead atoms. The van der Waals surface area contributed by atoms with Crippen LogP contribution in [0.2, 0.25) is 0 Å². The molecular formula is C29H29FN8O3. The maximum atomic E-state index is 13.4. The molecule has 0 spiro atoms. The normalized spacial score (nSPS) is 14.8. The van der Waals surface area contributed by atoms with Crippen molar-refractivity contribution in [3.8, 4) is 0 Å². The molecule has 3 heterocycles. The van der Waals surface area contributed by atoms with E-state index in [-0.39, 0.29) is 24.2 Å². The third-order valence-corrected chi connectivity index (χ3v) is 6.48. The van der Waals surface area contributed by atoms with Crippen molar-refractivity contribution < 1.29 is 18.7 Å². The lowest BCUT2D eigenvalue weighted by molar-refractivity contribution is -0.111. The second-order valence-corrected chi connectivity index (χ2v) is 9.54. The molecule has 4 aromatic rings. The van der Waals surface area contributed by atoms with Crippen LogP contribution in [-0.2, 0) is 16.1 Å². The van der Waals surface area contributed by atoms with Crippen LogP contribution in [0.15, 0.2) is 85.8 Å². The maximum Gasteiger partial charge on any atom is 0.420 e. The van der Waals surface area contributed by atoms with Crippen LogP contribution in [0.5, 0.6) is 0 Å². The Morgan fingerprint density at radius 3 is 2.78 bits per heavy atom. The first kappa shape index (κ1) is 27.5. The van der Waals surface area contributed by atoms with E-state index in [0.29, 0.717) is 28.7 Å². The lowest BCUT2D eigenvalue weighted by atomic mass is 10.2. The van der Waals surface area contributed by atoms with Gasteiger partial charge in [-0.25, -0.2) is 19.1 Å². The van der Waals surface area contributed by atoms with Gasteiger partial charge in [0.05, 0.1) is 23.6 Å². The fraction of sp³-hybridized carbons (Fsp3) is 0.207. The van der Waals surface area contributed by atoms with Crippen LogP contribution in [0, 0.1) is 5.82 Å². The summed E-state index contributed by atoms with van der Waals surface area (Å²) in [5.41, 5.74) is 2.15. The average Bonchev–Trinajstić information content (AvgIpc) is 3.62. The van der Waals surface area contributed by atoms with Crippen molar-refractivity contribution in [2.45, 2.75) is 19.1 Å². The van der Waals surface area contributed by atoms with E-state index < -0.39 is 12.0 Å². The summed E-state index contributed by atoms with van der Waals surface area (Å²) < 4.78 is 20.8. The SMILES string of the molecule is C=CC(=O)Nc1cccc(N(C(=O)OCc2ccc(F)cc2)c2ccnc(Nc3cnn(C4CCN(C)C4)c3)n2)c1. The zero-order valence-corrected chi connectivity index (χ0v) is 22.4. The highest BCUT2D eigenvalue weighted by molar-refractivity contribution is 6.00. The highest BCUT2D eigenvalue weighted by Crippen LogP contribution is 2.29. The van der Waals surface area contributed by atoms with E-state index in [9.17, 15) is 14.0 Å². The molecule has 1 unspecified atom stereocenters. The lowest BCUT2D eigenvalue weighted by Crippen LogP contribution is -2.28. The van der Waals surface area contributed by atoms with Crippen LogP contribution in [0.1, 0.15) is 18.0 Å². The van der Waals surface area contributed by atoms with E-state index in [1.165, 1.54) is 35.4 Å². The Hall–Kier alpha value is -5.10. The summed E-state index contributed by atoms with van der Waals surface area (Å²) in [6.07, 6.45) is 6.56. The van der Waals surface area contributed by atoms with Crippen LogP contribution in [0.25, 0.3) is 0 Å². The molecule has 12 heteroatoms. The molecule has 210 valence electrons. The van der Waals surface area contributed by atoms with Gasteiger partial charge in [0, 0.05) is 30.7 Å². The Morgan fingerprint density at radius 2 is 2.02 bits per heavy atom. The smallest absolute Gasteiger partial charge is 0.420 e. The largest absolute Gasteiger partial charge is 0.444 e. The summed E-state index contributed by atoms with van der Waals surface area (Å²) in [7, 11) is 2.08. The van der Waals surface area contributed by atoms with Crippen LogP contribution >= 0.6 is 0 Å². The minimum absolute atomic E-state index is 0.0891. The molecule has 1 atom stereocenters. The Kier molecular flexibility index (Phi) is 8.30. The third-order valence-electron chi connectivity index (χ3n) is 6.48. The number of hydrogen-bond donors (Lipinski definition) is 2. The van der Waals surface area contributed by atoms with Crippen molar-refractivity contribution in [3.63, 3.8) is 0 Å². The number of amides is 2. The number of halogens is 1. The second kappa shape index (κ2) is 12.4. The molecule has 2 N–H and O–H groups in total. The fourth-order valence-corrected chi connectivity index (χ4v) is 4.43. The van der Waals surface area contributed by atoms with Gasteiger partial charge in [-0.3, -0.25) is 9.48 Å². The van der Waals surface area contributed by atoms with Crippen molar-refractivity contribution in [2.75, 3.05) is 35.7 Å². The van der Waals surface area contributed by atoms with E-state index >= 15 is 0 Å². The van der Waals surface area contributed by atoms with Gasteiger partial charge in [0.25, 0.3) is 0 Å². The molecule has 1 fully saturated rings. The van der Waals surface area contributed by atoms with Crippen molar-refractivity contribution in [2.24, 2.45) is 0 Å². The number of ether oxygens (including phenoxy) is 1. The number of likely N-dealkylation sites (N-methyl/N-ethyl adjacent to an activating group) is 1. The van der Waals surface area contributed by atoms with Crippen molar-refractivity contribution >= 4 is 40.8 Å². The van der Waals surface area contributed by atoms with Crippen molar-refractivity contribution in [3.05, 3.63) is 97.2 Å². The molecule has 0 saturated carbocycles. The number of hydrogen-bond acceptors (Lipinski definition) is 8. The van der Waals surface area contributed by atoms with Crippen LogP contribution in [0.3, 0.4) is 0 Å². The molecule has 1 aliphatic rings. The van der Waals surface area contributed by atoms with Gasteiger partial charge in [-0.2, -0.15) is 10.1 Å². The molecule has 11 nitrogen and oxygen atoms in total. The fourth-order valence-electron chi connectivity index (χ4n) is 4.43. The van der Waals surface area contributed by atoms with Gasteiger partial charge in [0.2, 0.25) is 11.9 Å². The number of nitrogens with zero attached hydrogens (tertiary/aromatic N) is 6. The van der Waals surface area contributed by atoms with E-state index in [4.69, 9.17) is 4.74 Å². The minimum atomic E-state index is -0.732. The number of benzene rings is 2. The first-order valence-electron chi connectivity index (χ1n) is 13.0. The van der Waals surface area contributed by atoms with Gasteiger partial charge in [-0.15, -0.1) is 0 Å². The van der Waals surface area contributed by atoms with E-state index in [0.717, 1.165) is 25.6 Å². The zero-order valence-electron chi connectivity index (χ0n) is 22.4. The quantitative estimate of drug-likeness (QED) is 0.276. The number of rotatable bonds is 9. The third kappa shape index (κ3) is 6.92. The highest BCUT2D eigenvalue weighted by Gasteiger charge is 2.24. The molecule has 2 aromatic heterocycles. The van der Waals surface area contributed by atoms with Crippen molar-refractivity contribution in [1.82, 2.24) is 24.6 Å². The standard InChI is InChI=1S/C29H29FN8O3/c1-3-27(39)33-22-5-4-6-24(15-22)38(29(40)41-19-20-7-9-21(30)10-8-20)26-11-13-31-28(35-26)34-23-16-32-37(17-23)25-12-14-36(2)18-25/h3-11,13,15-17,25H,1,12,14,18-19H2,2H3,(H,33,39)(H,31,34,35). The van der Waals surface area contributed by atoms with Crippen LogP contribution < -0.4 is 15.5 Å². The Morgan fingerprint density at radius 1 is 1.20 bits per heavy atom. The molecule has 1 saturated heterocycles. The van der Waals surface area contributed by atoms with Gasteiger partial charge in [-0.1, -0.05) is 24.8 Å². The lowest BCUT2D eigenvalue weighted by Gasteiger charge is -2.22. The molecular weight excluding hydrogens is 527 g/mol. The number of likely N-dealkylation sites (tertiary alicyclic amines) is 1. The van der Waals surface area contributed by atoms with Crippen LogP contribution in [0.4, 0.5) is 38.0 Å². The Bertz CT molecular complexity index is 1540. The first-order valence-corrected chi connectivity index (χ1v) is 13.0. The topological polar surface area (TPSA) is 118 Å². The number of aromatic nitrogens is 4. The monoisotopic (exact) mass is 556 g/mol. The van der Waals surface area contributed by atoms with Gasteiger partial charge in [-0.05, 0) is 62.0 Å². The summed E-state index contributed by atoms with van der Waals surface area (Å²) in [6.45, 7) is 5.32. The summed E-state index contributed by atoms with van der Waals surface area (Å²) in [5.74, 6) is -0.310. The zero-order chi connectivity index (χ0) is 28.8.